The summed E-state index contributed by atoms with van der Waals surface area (Å²) in [7, 11) is 0. The second-order valence-electron chi connectivity index (χ2n) is 5.55. The van der Waals surface area contributed by atoms with E-state index in [4.69, 9.17) is 4.74 Å². The van der Waals surface area contributed by atoms with E-state index in [2.05, 4.69) is 10.3 Å². The highest BCUT2D eigenvalue weighted by Crippen LogP contribution is 2.43. The summed E-state index contributed by atoms with van der Waals surface area (Å²) in [5.41, 5.74) is -0.624. The average molecular weight is 329 g/mol. The van der Waals surface area contributed by atoms with Gasteiger partial charge in [-0.15, -0.1) is 0 Å². The number of ketones is 1. The second kappa shape index (κ2) is 5.88. The zero-order chi connectivity index (χ0) is 17.3. The van der Waals surface area contributed by atoms with Crippen LogP contribution < -0.4 is 5.32 Å². The van der Waals surface area contributed by atoms with E-state index >= 15 is 0 Å². The van der Waals surface area contributed by atoms with Crippen LogP contribution in [0.25, 0.3) is 10.9 Å². The van der Waals surface area contributed by atoms with Gasteiger partial charge in [0.05, 0.1) is 17.0 Å². The van der Waals surface area contributed by atoms with Crippen molar-refractivity contribution in [2.45, 2.75) is 13.3 Å². The predicted molar refractivity (Wildman–Crippen MR) is 85.6 cm³/mol. The van der Waals surface area contributed by atoms with Crippen LogP contribution in [0.5, 0.6) is 0 Å². The van der Waals surface area contributed by atoms with E-state index in [-0.39, 0.29) is 36.7 Å². The highest BCUT2D eigenvalue weighted by molar-refractivity contribution is 6.18. The van der Waals surface area contributed by atoms with E-state index in [1.54, 1.807) is 31.2 Å². The highest BCUT2D eigenvalue weighted by Gasteiger charge is 2.61. The third-order valence-electron chi connectivity index (χ3n) is 4.06. The summed E-state index contributed by atoms with van der Waals surface area (Å²) < 4.78 is 4.95. The van der Waals surface area contributed by atoms with Gasteiger partial charge in [0.2, 0.25) is 0 Å². The summed E-state index contributed by atoms with van der Waals surface area (Å²) in [6.07, 6.45) is 1.24. The van der Waals surface area contributed by atoms with Crippen molar-refractivity contribution in [3.63, 3.8) is 0 Å². The summed E-state index contributed by atoms with van der Waals surface area (Å²) in [4.78, 5) is 38.5. The Hall–Kier alpha value is -3.03. The van der Waals surface area contributed by atoms with Gasteiger partial charge in [-0.3, -0.25) is 19.7 Å². The van der Waals surface area contributed by atoms with Crippen molar-refractivity contribution < 1.29 is 19.2 Å². The first kappa shape index (κ1) is 15.9. The zero-order valence-corrected chi connectivity index (χ0v) is 12.9. The molecule has 1 aromatic carbocycles. The Bertz CT molecular complexity index is 851. The molecule has 0 bridgehead atoms. The van der Waals surface area contributed by atoms with Crippen LogP contribution in [0.3, 0.4) is 0 Å². The lowest BCUT2D eigenvalue weighted by Gasteiger charge is -2.15. The van der Waals surface area contributed by atoms with Crippen molar-refractivity contribution >= 4 is 34.0 Å². The standard InChI is InChI=1S/C16H15N3O5/c1-2-24-15(21)16(7-13(16)20)9-18-14-10-5-3-4-6-11(10)17-8-12(14)19(22)23/h3-6,8H,2,7,9H2,1H3,(H,17,18). The number of fused-ring (bicyclic) bond motifs is 1. The predicted octanol–water partition coefficient (Wildman–Crippen LogP) is 2.08. The van der Waals surface area contributed by atoms with Crippen LogP contribution in [0, 0.1) is 15.5 Å². The van der Waals surface area contributed by atoms with E-state index in [0.29, 0.717) is 10.9 Å². The molecule has 124 valence electrons. The lowest BCUT2D eigenvalue weighted by atomic mass is 10.1. The van der Waals surface area contributed by atoms with Gasteiger partial charge >= 0.3 is 11.7 Å². The first-order valence-electron chi connectivity index (χ1n) is 7.46. The van der Waals surface area contributed by atoms with Crippen LogP contribution in [-0.2, 0) is 14.3 Å². The largest absolute Gasteiger partial charge is 0.465 e. The van der Waals surface area contributed by atoms with Gasteiger partial charge in [-0.1, -0.05) is 18.2 Å². The smallest absolute Gasteiger partial charge is 0.321 e. The molecule has 1 aliphatic rings. The number of hydrogen-bond acceptors (Lipinski definition) is 7. The third kappa shape index (κ3) is 2.55. The number of carbonyl (C=O) groups is 2. The molecule has 1 unspecified atom stereocenters. The molecule has 0 saturated heterocycles. The lowest BCUT2D eigenvalue weighted by molar-refractivity contribution is -0.384. The Morgan fingerprint density at radius 1 is 1.46 bits per heavy atom. The second-order valence-corrected chi connectivity index (χ2v) is 5.55. The maximum absolute atomic E-state index is 12.0. The van der Waals surface area contributed by atoms with E-state index in [0.717, 1.165) is 6.20 Å². The highest BCUT2D eigenvalue weighted by atomic mass is 16.6. The summed E-state index contributed by atoms with van der Waals surface area (Å²) >= 11 is 0. The number of pyridine rings is 1. The first-order chi connectivity index (χ1) is 11.5. The summed E-state index contributed by atoms with van der Waals surface area (Å²) in [5.74, 6) is -0.821. The number of hydrogen-bond donors (Lipinski definition) is 1. The number of nitrogens with zero attached hydrogens (tertiary/aromatic N) is 2. The SMILES string of the molecule is CCOC(=O)C1(CNc2c([N+](=O)[O-])cnc3ccccc23)CC1=O. The third-order valence-corrected chi connectivity index (χ3v) is 4.06. The van der Waals surface area contributed by atoms with Crippen LogP contribution >= 0.6 is 0 Å². The number of aromatic nitrogens is 1. The molecule has 2 aromatic rings. The number of esters is 1. The van der Waals surface area contributed by atoms with Gasteiger partial charge in [0.25, 0.3) is 0 Å². The monoisotopic (exact) mass is 329 g/mol. The number of Topliss-reactive ketones (excluding diaryl/α,β-unsaturated/α-hetero) is 1. The fourth-order valence-electron chi connectivity index (χ4n) is 2.61. The van der Waals surface area contributed by atoms with Crippen LogP contribution in [0.15, 0.2) is 30.5 Å². The maximum Gasteiger partial charge on any atom is 0.321 e. The number of nitro groups is 1. The van der Waals surface area contributed by atoms with Gasteiger partial charge in [0.1, 0.15) is 11.9 Å². The van der Waals surface area contributed by atoms with Crippen molar-refractivity contribution in [1.29, 1.82) is 0 Å². The molecule has 1 aliphatic carbocycles. The molecule has 1 N–H and O–H groups in total. The van der Waals surface area contributed by atoms with Gasteiger partial charge in [-0.25, -0.2) is 4.98 Å². The molecule has 24 heavy (non-hydrogen) atoms. The molecule has 8 heteroatoms. The van der Waals surface area contributed by atoms with E-state index in [9.17, 15) is 19.7 Å². The summed E-state index contributed by atoms with van der Waals surface area (Å²) in [5, 5.41) is 14.7. The Morgan fingerprint density at radius 2 is 2.17 bits per heavy atom. The molecule has 0 amide bonds. The number of carbonyl (C=O) groups excluding carboxylic acids is 2. The van der Waals surface area contributed by atoms with Crippen molar-refractivity contribution in [2.75, 3.05) is 18.5 Å². The molecule has 3 rings (SSSR count). The molecule has 1 aromatic heterocycles. The molecule has 0 radical (unpaired) electrons. The minimum atomic E-state index is -1.24. The van der Waals surface area contributed by atoms with Crippen molar-refractivity contribution in [3.8, 4) is 0 Å². The Labute approximate surface area is 137 Å². The minimum Gasteiger partial charge on any atom is -0.465 e. The van der Waals surface area contributed by atoms with Gasteiger partial charge in [-0.05, 0) is 13.0 Å². The van der Waals surface area contributed by atoms with Crippen LogP contribution in [0.4, 0.5) is 11.4 Å². The fraction of sp³-hybridized carbons (Fsp3) is 0.312. The Kier molecular flexibility index (Phi) is 3.88. The number of para-hydroxylation sites is 1. The molecule has 0 aliphatic heterocycles. The van der Waals surface area contributed by atoms with E-state index < -0.39 is 16.3 Å². The summed E-state index contributed by atoms with van der Waals surface area (Å²) in [6.45, 7) is 1.79. The van der Waals surface area contributed by atoms with Crippen LogP contribution in [0.2, 0.25) is 0 Å². The van der Waals surface area contributed by atoms with E-state index in [1.807, 2.05) is 0 Å². The van der Waals surface area contributed by atoms with Crippen molar-refractivity contribution in [3.05, 3.63) is 40.6 Å². The molecule has 1 saturated carbocycles. The topological polar surface area (TPSA) is 111 Å². The zero-order valence-electron chi connectivity index (χ0n) is 12.9. The molecular weight excluding hydrogens is 314 g/mol. The molecule has 0 spiro atoms. The van der Waals surface area contributed by atoms with E-state index in [1.165, 1.54) is 0 Å². The first-order valence-corrected chi connectivity index (χ1v) is 7.46. The van der Waals surface area contributed by atoms with Gasteiger partial charge < -0.3 is 10.1 Å². The Balaban J connectivity index is 1.95. The Morgan fingerprint density at radius 3 is 2.79 bits per heavy atom. The van der Waals surface area contributed by atoms with Gasteiger partial charge in [0, 0.05) is 18.4 Å². The quantitative estimate of drug-likeness (QED) is 0.374. The minimum absolute atomic E-state index is 0.0421. The number of rotatable bonds is 6. The van der Waals surface area contributed by atoms with Crippen LogP contribution in [-0.4, -0.2) is 34.8 Å². The molecule has 1 fully saturated rings. The lowest BCUT2D eigenvalue weighted by Crippen LogP contribution is -2.29. The number of ether oxygens (including phenoxy) is 1. The maximum atomic E-state index is 12.0. The van der Waals surface area contributed by atoms with Crippen molar-refractivity contribution in [1.82, 2.24) is 4.98 Å². The van der Waals surface area contributed by atoms with Crippen LogP contribution in [0.1, 0.15) is 13.3 Å². The normalized spacial score (nSPS) is 19.1. The number of anilines is 1. The fourth-order valence-corrected chi connectivity index (χ4v) is 2.61. The van der Waals surface area contributed by atoms with Crippen molar-refractivity contribution in [2.24, 2.45) is 5.41 Å². The molecule has 1 heterocycles. The molecular formula is C16H15N3O5. The number of nitrogens with one attached hydrogen (secondary N) is 1. The van der Waals surface area contributed by atoms with Gasteiger partial charge in [-0.2, -0.15) is 0 Å². The van der Waals surface area contributed by atoms with Gasteiger partial charge in [0.15, 0.2) is 11.2 Å². The summed E-state index contributed by atoms with van der Waals surface area (Å²) in [6, 6.07) is 6.94. The molecule has 1 atom stereocenters. The number of benzene rings is 1. The molecule has 8 nitrogen and oxygen atoms in total. The average Bonchev–Trinajstić information content (AvgIpc) is 3.24.